The highest BCUT2D eigenvalue weighted by atomic mass is 35.5. The number of halogens is 1. The van der Waals surface area contributed by atoms with Crippen molar-refractivity contribution in [3.05, 3.63) is 29.8 Å². The van der Waals surface area contributed by atoms with E-state index in [-0.39, 0.29) is 5.92 Å². The third kappa shape index (κ3) is 2.56. The lowest BCUT2D eigenvalue weighted by Crippen LogP contribution is -2.29. The van der Waals surface area contributed by atoms with Gasteiger partial charge in [0.05, 0.1) is 4.90 Å². The minimum atomic E-state index is -3.36. The van der Waals surface area contributed by atoms with Gasteiger partial charge in [0.15, 0.2) is 0 Å². The molecule has 1 aromatic rings. The van der Waals surface area contributed by atoms with Gasteiger partial charge in [-0.15, -0.1) is 11.6 Å². The van der Waals surface area contributed by atoms with E-state index in [1.807, 2.05) is 19.1 Å². The molecule has 0 bridgehead atoms. The fraction of sp³-hybridized carbons (Fsp3) is 0.538. The summed E-state index contributed by atoms with van der Waals surface area (Å²) in [7, 11) is -3.36. The zero-order valence-corrected chi connectivity index (χ0v) is 12.2. The predicted octanol–water partition coefficient (Wildman–Crippen LogP) is 2.49. The van der Waals surface area contributed by atoms with E-state index in [0.29, 0.717) is 29.8 Å². The number of aryl methyl sites for hydroxylation is 1. The summed E-state index contributed by atoms with van der Waals surface area (Å²) < 4.78 is 26.4. The fourth-order valence-electron chi connectivity index (χ4n) is 2.24. The van der Waals surface area contributed by atoms with E-state index in [1.165, 1.54) is 0 Å². The van der Waals surface area contributed by atoms with Crippen LogP contribution < -0.4 is 0 Å². The second-order valence-electron chi connectivity index (χ2n) is 5.03. The molecule has 2 rings (SSSR count). The molecule has 2 atom stereocenters. The summed E-state index contributed by atoms with van der Waals surface area (Å²) in [5, 5.41) is 0. The Morgan fingerprint density at radius 3 is 2.39 bits per heavy atom. The van der Waals surface area contributed by atoms with E-state index < -0.39 is 10.0 Å². The molecule has 3 nitrogen and oxygen atoms in total. The van der Waals surface area contributed by atoms with Gasteiger partial charge in [-0.3, -0.25) is 0 Å². The highest BCUT2D eigenvalue weighted by molar-refractivity contribution is 7.89. The Kier molecular flexibility index (Phi) is 3.99. The number of sulfonamides is 1. The summed E-state index contributed by atoms with van der Waals surface area (Å²) in [4.78, 5) is 0.371. The Bertz CT molecular complexity index is 512. The molecule has 100 valence electrons. The monoisotopic (exact) mass is 287 g/mol. The number of alkyl halides is 1. The molecule has 1 saturated heterocycles. The predicted molar refractivity (Wildman–Crippen MR) is 73.3 cm³/mol. The minimum Gasteiger partial charge on any atom is -0.207 e. The summed E-state index contributed by atoms with van der Waals surface area (Å²) in [6.45, 7) is 5.09. The van der Waals surface area contributed by atoms with E-state index in [4.69, 9.17) is 11.6 Å². The molecule has 0 aliphatic carbocycles. The summed E-state index contributed by atoms with van der Waals surface area (Å²) in [5.41, 5.74) is 1.06. The molecule has 1 heterocycles. The van der Waals surface area contributed by atoms with Crippen molar-refractivity contribution in [3.8, 4) is 0 Å². The summed E-state index contributed by atoms with van der Waals surface area (Å²) in [5.74, 6) is 1.09. The van der Waals surface area contributed by atoms with Crippen LogP contribution in [0.3, 0.4) is 0 Å². The fourth-order valence-corrected chi connectivity index (χ4v) is 4.24. The number of rotatable bonds is 3. The van der Waals surface area contributed by atoms with Gasteiger partial charge in [0, 0.05) is 19.0 Å². The minimum absolute atomic E-state index is 0.256. The Morgan fingerprint density at radius 1 is 1.28 bits per heavy atom. The average Bonchev–Trinajstić information content (AvgIpc) is 2.72. The van der Waals surface area contributed by atoms with Gasteiger partial charge in [-0.1, -0.05) is 24.6 Å². The Morgan fingerprint density at radius 2 is 1.89 bits per heavy atom. The number of nitrogens with zero attached hydrogens (tertiary/aromatic N) is 1. The molecule has 18 heavy (non-hydrogen) atoms. The highest BCUT2D eigenvalue weighted by Crippen LogP contribution is 2.29. The second kappa shape index (κ2) is 5.19. The Balaban J connectivity index is 2.25. The van der Waals surface area contributed by atoms with Gasteiger partial charge in [0.1, 0.15) is 0 Å². The van der Waals surface area contributed by atoms with Crippen LogP contribution in [0.2, 0.25) is 0 Å². The summed E-state index contributed by atoms with van der Waals surface area (Å²) >= 11 is 5.86. The Labute approximate surface area is 114 Å². The van der Waals surface area contributed by atoms with Crippen molar-refractivity contribution in [3.63, 3.8) is 0 Å². The van der Waals surface area contributed by atoms with Crippen LogP contribution in [0.5, 0.6) is 0 Å². The van der Waals surface area contributed by atoms with E-state index in [0.717, 1.165) is 5.56 Å². The lowest BCUT2D eigenvalue weighted by atomic mass is 10.0. The molecular weight excluding hydrogens is 270 g/mol. The first-order valence-corrected chi connectivity index (χ1v) is 8.05. The first kappa shape index (κ1) is 13.8. The SMILES string of the molecule is Cc1ccc(S(=O)(=O)N2CC(C)C(CCl)C2)cc1. The third-order valence-corrected chi connectivity index (χ3v) is 5.83. The maximum absolute atomic E-state index is 12.4. The van der Waals surface area contributed by atoms with Crippen LogP contribution in [-0.4, -0.2) is 31.7 Å². The topological polar surface area (TPSA) is 37.4 Å². The average molecular weight is 288 g/mol. The van der Waals surface area contributed by atoms with E-state index in [2.05, 4.69) is 6.92 Å². The van der Waals surface area contributed by atoms with Crippen LogP contribution in [0.25, 0.3) is 0 Å². The van der Waals surface area contributed by atoms with Crippen LogP contribution in [0.4, 0.5) is 0 Å². The van der Waals surface area contributed by atoms with Crippen molar-refractivity contribution in [2.24, 2.45) is 11.8 Å². The Hall–Kier alpha value is -0.580. The first-order chi connectivity index (χ1) is 8.45. The number of benzene rings is 1. The molecule has 0 N–H and O–H groups in total. The smallest absolute Gasteiger partial charge is 0.207 e. The largest absolute Gasteiger partial charge is 0.243 e. The molecule has 1 aromatic carbocycles. The van der Waals surface area contributed by atoms with Gasteiger partial charge in [0.2, 0.25) is 10.0 Å². The van der Waals surface area contributed by atoms with E-state index in [9.17, 15) is 8.42 Å². The van der Waals surface area contributed by atoms with Crippen molar-refractivity contribution >= 4 is 21.6 Å². The molecule has 0 radical (unpaired) electrons. The molecule has 0 aromatic heterocycles. The molecule has 5 heteroatoms. The van der Waals surface area contributed by atoms with Crippen molar-refractivity contribution in [2.45, 2.75) is 18.7 Å². The molecule has 0 spiro atoms. The lowest BCUT2D eigenvalue weighted by molar-refractivity contribution is 0.463. The number of hydrogen-bond donors (Lipinski definition) is 0. The molecule has 0 saturated carbocycles. The lowest BCUT2D eigenvalue weighted by Gasteiger charge is -2.16. The molecular formula is C13H18ClNO2S. The molecule has 1 aliphatic heterocycles. The van der Waals surface area contributed by atoms with Crippen LogP contribution in [0, 0.1) is 18.8 Å². The van der Waals surface area contributed by atoms with Crippen LogP contribution in [0.1, 0.15) is 12.5 Å². The van der Waals surface area contributed by atoms with Gasteiger partial charge in [-0.2, -0.15) is 4.31 Å². The quantitative estimate of drug-likeness (QED) is 0.801. The maximum atomic E-state index is 12.4. The summed E-state index contributed by atoms with van der Waals surface area (Å²) in [6.07, 6.45) is 0. The number of hydrogen-bond acceptors (Lipinski definition) is 2. The zero-order chi connectivity index (χ0) is 13.3. The standard InChI is InChI=1S/C13H18ClNO2S/c1-10-3-5-13(6-4-10)18(16,17)15-8-11(2)12(7-14)9-15/h3-6,11-12H,7-9H2,1-2H3. The maximum Gasteiger partial charge on any atom is 0.243 e. The normalized spacial score (nSPS) is 25.5. The van der Waals surface area contributed by atoms with Gasteiger partial charge in [-0.25, -0.2) is 8.42 Å². The van der Waals surface area contributed by atoms with Crippen LogP contribution >= 0.6 is 11.6 Å². The van der Waals surface area contributed by atoms with Crippen molar-refractivity contribution in [1.29, 1.82) is 0 Å². The van der Waals surface area contributed by atoms with Crippen LogP contribution in [-0.2, 0) is 10.0 Å². The molecule has 1 aliphatic rings. The molecule has 1 fully saturated rings. The van der Waals surface area contributed by atoms with E-state index in [1.54, 1.807) is 16.4 Å². The first-order valence-electron chi connectivity index (χ1n) is 6.08. The van der Waals surface area contributed by atoms with Crippen molar-refractivity contribution < 1.29 is 8.42 Å². The van der Waals surface area contributed by atoms with E-state index >= 15 is 0 Å². The van der Waals surface area contributed by atoms with Gasteiger partial charge in [0.25, 0.3) is 0 Å². The zero-order valence-electron chi connectivity index (χ0n) is 10.6. The second-order valence-corrected chi connectivity index (χ2v) is 7.27. The molecule has 0 amide bonds. The summed E-state index contributed by atoms with van der Waals surface area (Å²) in [6, 6.07) is 6.99. The van der Waals surface area contributed by atoms with Crippen LogP contribution in [0.15, 0.2) is 29.2 Å². The van der Waals surface area contributed by atoms with Gasteiger partial charge in [-0.05, 0) is 30.9 Å². The highest BCUT2D eigenvalue weighted by Gasteiger charge is 2.36. The van der Waals surface area contributed by atoms with Gasteiger partial charge < -0.3 is 0 Å². The van der Waals surface area contributed by atoms with Crippen molar-refractivity contribution in [1.82, 2.24) is 4.31 Å². The molecule has 2 unspecified atom stereocenters. The van der Waals surface area contributed by atoms with Crippen molar-refractivity contribution in [2.75, 3.05) is 19.0 Å². The third-order valence-electron chi connectivity index (χ3n) is 3.59. The van der Waals surface area contributed by atoms with Gasteiger partial charge >= 0.3 is 0 Å².